The molecule has 0 aliphatic carbocycles. The predicted molar refractivity (Wildman–Crippen MR) is 95.3 cm³/mol. The molecule has 1 aliphatic rings. The number of aromatic nitrogens is 1. The molecule has 1 N–H and O–H groups in total. The lowest BCUT2D eigenvalue weighted by Crippen LogP contribution is -2.48. The number of piperazine rings is 1. The molecule has 0 radical (unpaired) electrons. The number of benzene rings is 1. The van der Waals surface area contributed by atoms with E-state index in [4.69, 9.17) is 0 Å². The minimum atomic E-state index is -0.112. The van der Waals surface area contributed by atoms with Gasteiger partial charge >= 0.3 is 0 Å². The molecular formula is C19H22N4O2. The Hall–Kier alpha value is -2.73. The van der Waals surface area contributed by atoms with Crippen molar-refractivity contribution in [1.29, 1.82) is 0 Å². The van der Waals surface area contributed by atoms with E-state index in [1.54, 1.807) is 50.8 Å². The average Bonchev–Trinajstić information content (AvgIpc) is 2.67. The molecule has 1 aliphatic heterocycles. The van der Waals surface area contributed by atoms with Crippen molar-refractivity contribution in [2.24, 2.45) is 0 Å². The summed E-state index contributed by atoms with van der Waals surface area (Å²) in [4.78, 5) is 32.8. The molecule has 0 bridgehead atoms. The Balaban J connectivity index is 1.88. The van der Waals surface area contributed by atoms with Gasteiger partial charge in [-0.25, -0.2) is 0 Å². The summed E-state index contributed by atoms with van der Waals surface area (Å²) in [5.41, 5.74) is 2.05. The van der Waals surface area contributed by atoms with Gasteiger partial charge in [-0.2, -0.15) is 0 Å². The molecule has 2 heterocycles. The van der Waals surface area contributed by atoms with Crippen molar-refractivity contribution in [3.63, 3.8) is 0 Å². The molecule has 6 nitrogen and oxygen atoms in total. The highest BCUT2D eigenvalue weighted by Gasteiger charge is 2.29. The van der Waals surface area contributed by atoms with Gasteiger partial charge in [-0.15, -0.1) is 0 Å². The number of nitrogens with one attached hydrogen (secondary N) is 1. The quantitative estimate of drug-likeness (QED) is 0.923. The third-order valence-corrected chi connectivity index (χ3v) is 4.34. The third-order valence-electron chi connectivity index (χ3n) is 4.34. The molecule has 0 spiro atoms. The first-order valence-electron chi connectivity index (χ1n) is 8.31. The maximum atomic E-state index is 13.1. The van der Waals surface area contributed by atoms with Gasteiger partial charge in [-0.3, -0.25) is 14.6 Å². The molecule has 1 fully saturated rings. The zero-order valence-corrected chi connectivity index (χ0v) is 14.5. The lowest BCUT2D eigenvalue weighted by atomic mass is 10.0. The molecule has 1 unspecified atom stereocenters. The summed E-state index contributed by atoms with van der Waals surface area (Å²) in [6.45, 7) is 2.05. The maximum Gasteiger partial charge on any atom is 0.254 e. The molecule has 3 rings (SSSR count). The van der Waals surface area contributed by atoms with Gasteiger partial charge in [0.2, 0.25) is 0 Å². The van der Waals surface area contributed by atoms with E-state index >= 15 is 0 Å². The summed E-state index contributed by atoms with van der Waals surface area (Å²) >= 11 is 0. The smallest absolute Gasteiger partial charge is 0.254 e. The van der Waals surface area contributed by atoms with Crippen molar-refractivity contribution in [2.45, 2.75) is 6.04 Å². The van der Waals surface area contributed by atoms with Crippen LogP contribution >= 0.6 is 0 Å². The van der Waals surface area contributed by atoms with Crippen LogP contribution in [0.4, 0.5) is 0 Å². The number of carbonyl (C=O) groups excluding carboxylic acids is 2. The second-order valence-electron chi connectivity index (χ2n) is 6.29. The van der Waals surface area contributed by atoms with Crippen LogP contribution in [0.2, 0.25) is 0 Å². The van der Waals surface area contributed by atoms with Gasteiger partial charge in [0, 0.05) is 57.3 Å². The summed E-state index contributed by atoms with van der Waals surface area (Å²) in [5, 5.41) is 3.33. The summed E-state index contributed by atoms with van der Waals surface area (Å²) in [5.74, 6) is -0.178. The largest absolute Gasteiger partial charge is 0.345 e. The van der Waals surface area contributed by atoms with Gasteiger partial charge in [0.25, 0.3) is 11.8 Å². The summed E-state index contributed by atoms with van der Waals surface area (Å²) in [6, 6.07) is 10.7. The second kappa shape index (κ2) is 7.44. The third kappa shape index (κ3) is 3.69. The number of amides is 2. The fraction of sp³-hybridized carbons (Fsp3) is 0.316. The van der Waals surface area contributed by atoms with Crippen LogP contribution in [0.1, 0.15) is 32.3 Å². The van der Waals surface area contributed by atoms with E-state index in [9.17, 15) is 9.59 Å². The molecule has 1 atom stereocenters. The molecule has 25 heavy (non-hydrogen) atoms. The van der Waals surface area contributed by atoms with Gasteiger partial charge in [0.05, 0.1) is 6.04 Å². The van der Waals surface area contributed by atoms with Crippen LogP contribution in [0.15, 0.2) is 48.8 Å². The van der Waals surface area contributed by atoms with Crippen LogP contribution in [-0.4, -0.2) is 60.3 Å². The lowest BCUT2D eigenvalue weighted by Gasteiger charge is -2.36. The normalized spacial score (nSPS) is 17.2. The van der Waals surface area contributed by atoms with Crippen molar-refractivity contribution in [3.05, 3.63) is 65.5 Å². The topological polar surface area (TPSA) is 65.5 Å². The first-order chi connectivity index (χ1) is 12.1. The lowest BCUT2D eigenvalue weighted by molar-refractivity contribution is 0.0634. The highest BCUT2D eigenvalue weighted by atomic mass is 16.2. The molecular weight excluding hydrogens is 316 g/mol. The Morgan fingerprint density at radius 1 is 1.20 bits per heavy atom. The molecule has 130 valence electrons. The maximum absolute atomic E-state index is 13.1. The van der Waals surface area contributed by atoms with Gasteiger partial charge in [0.1, 0.15) is 0 Å². The van der Waals surface area contributed by atoms with Crippen molar-refractivity contribution < 1.29 is 9.59 Å². The summed E-state index contributed by atoms with van der Waals surface area (Å²) in [6.07, 6.45) is 3.52. The van der Waals surface area contributed by atoms with Crippen LogP contribution in [0.5, 0.6) is 0 Å². The van der Waals surface area contributed by atoms with E-state index in [0.29, 0.717) is 24.2 Å². The Morgan fingerprint density at radius 2 is 2.00 bits per heavy atom. The van der Waals surface area contributed by atoms with E-state index in [0.717, 1.165) is 12.1 Å². The van der Waals surface area contributed by atoms with Gasteiger partial charge in [-0.1, -0.05) is 12.1 Å². The van der Waals surface area contributed by atoms with Crippen molar-refractivity contribution in [1.82, 2.24) is 20.1 Å². The Kier molecular flexibility index (Phi) is 5.09. The first-order valence-corrected chi connectivity index (χ1v) is 8.31. The van der Waals surface area contributed by atoms with Crippen LogP contribution in [0, 0.1) is 0 Å². The molecule has 1 aromatic heterocycles. The van der Waals surface area contributed by atoms with Crippen LogP contribution in [-0.2, 0) is 0 Å². The van der Waals surface area contributed by atoms with E-state index in [2.05, 4.69) is 10.3 Å². The monoisotopic (exact) mass is 338 g/mol. The second-order valence-corrected chi connectivity index (χ2v) is 6.29. The van der Waals surface area contributed by atoms with Crippen LogP contribution in [0.3, 0.4) is 0 Å². The van der Waals surface area contributed by atoms with Crippen LogP contribution in [0.25, 0.3) is 0 Å². The number of pyridine rings is 1. The Morgan fingerprint density at radius 3 is 2.72 bits per heavy atom. The number of hydrogen-bond donors (Lipinski definition) is 1. The van der Waals surface area contributed by atoms with Gasteiger partial charge < -0.3 is 15.1 Å². The molecule has 1 saturated heterocycles. The van der Waals surface area contributed by atoms with E-state index in [-0.39, 0.29) is 17.9 Å². The minimum absolute atomic E-state index is 0.0660. The minimum Gasteiger partial charge on any atom is -0.345 e. The fourth-order valence-corrected chi connectivity index (χ4v) is 3.03. The average molecular weight is 338 g/mol. The molecule has 6 heteroatoms. The molecule has 0 saturated carbocycles. The first kappa shape index (κ1) is 17.1. The standard InChI is InChI=1S/C19H22N4O2/c1-22(2)18(24)14-5-3-6-15(11-14)19(25)23-10-9-21-13-17(23)16-7-4-8-20-12-16/h3-8,11-12,17,21H,9-10,13H2,1-2H3. The predicted octanol–water partition coefficient (Wildman–Crippen LogP) is 1.57. The summed E-state index contributed by atoms with van der Waals surface area (Å²) < 4.78 is 0. The summed E-state index contributed by atoms with van der Waals surface area (Å²) in [7, 11) is 3.40. The number of hydrogen-bond acceptors (Lipinski definition) is 4. The van der Waals surface area contributed by atoms with E-state index < -0.39 is 0 Å². The van der Waals surface area contributed by atoms with E-state index in [1.807, 2.05) is 17.0 Å². The number of rotatable bonds is 3. The molecule has 2 amide bonds. The zero-order chi connectivity index (χ0) is 17.8. The van der Waals surface area contributed by atoms with Crippen LogP contribution < -0.4 is 5.32 Å². The highest BCUT2D eigenvalue weighted by molar-refractivity contribution is 5.99. The Bertz CT molecular complexity index is 761. The van der Waals surface area contributed by atoms with E-state index in [1.165, 1.54) is 4.90 Å². The zero-order valence-electron chi connectivity index (χ0n) is 14.5. The van der Waals surface area contributed by atoms with Crippen molar-refractivity contribution in [2.75, 3.05) is 33.7 Å². The Labute approximate surface area is 147 Å². The number of nitrogens with zero attached hydrogens (tertiary/aromatic N) is 3. The number of carbonyl (C=O) groups is 2. The van der Waals surface area contributed by atoms with Gasteiger partial charge in [-0.05, 0) is 29.8 Å². The molecule has 2 aromatic rings. The van der Waals surface area contributed by atoms with Crippen molar-refractivity contribution in [3.8, 4) is 0 Å². The fourth-order valence-electron chi connectivity index (χ4n) is 3.03. The SMILES string of the molecule is CN(C)C(=O)c1cccc(C(=O)N2CCNCC2c2cccnc2)c1. The molecule has 1 aromatic carbocycles. The highest BCUT2D eigenvalue weighted by Crippen LogP contribution is 2.24. The van der Waals surface area contributed by atoms with Crippen molar-refractivity contribution >= 4 is 11.8 Å². The van der Waals surface area contributed by atoms with Gasteiger partial charge in [0.15, 0.2) is 0 Å².